The van der Waals surface area contributed by atoms with E-state index in [9.17, 15) is 19.5 Å². The minimum Gasteiger partial charge on any atom is -0.391 e. The topological polar surface area (TPSA) is 116 Å². The summed E-state index contributed by atoms with van der Waals surface area (Å²) in [7, 11) is 1.70. The number of hydrogen-bond acceptors (Lipinski definition) is 6. The fraction of sp³-hybridized carbons (Fsp3) is 0.667. The zero-order valence-corrected chi connectivity index (χ0v) is 15.5. The van der Waals surface area contributed by atoms with Crippen LogP contribution in [0.3, 0.4) is 0 Å². The van der Waals surface area contributed by atoms with Crippen molar-refractivity contribution in [1.82, 2.24) is 20.3 Å². The van der Waals surface area contributed by atoms with Crippen LogP contribution in [0.25, 0.3) is 0 Å². The van der Waals surface area contributed by atoms with Crippen molar-refractivity contribution in [3.05, 3.63) is 18.0 Å². The molecule has 1 aromatic rings. The highest BCUT2D eigenvalue weighted by Crippen LogP contribution is 2.27. The zero-order valence-electron chi connectivity index (χ0n) is 15.5. The highest BCUT2D eigenvalue weighted by atomic mass is 16.5. The van der Waals surface area contributed by atoms with Crippen LogP contribution in [0.1, 0.15) is 37.8 Å². The van der Waals surface area contributed by atoms with Gasteiger partial charge in [0, 0.05) is 32.0 Å². The first-order valence-corrected chi connectivity index (χ1v) is 9.33. The average molecular weight is 378 g/mol. The molecule has 1 aliphatic heterocycles. The molecule has 0 aromatic carbocycles. The van der Waals surface area contributed by atoms with Crippen LogP contribution in [0.2, 0.25) is 0 Å². The molecule has 1 aliphatic carbocycles. The summed E-state index contributed by atoms with van der Waals surface area (Å²) >= 11 is 0. The van der Waals surface area contributed by atoms with Gasteiger partial charge < -0.3 is 24.7 Å². The van der Waals surface area contributed by atoms with Gasteiger partial charge >= 0.3 is 0 Å². The number of amides is 3. The molecule has 0 unspecified atom stereocenters. The van der Waals surface area contributed by atoms with E-state index >= 15 is 0 Å². The lowest BCUT2D eigenvalue weighted by molar-refractivity contribution is -0.138. The van der Waals surface area contributed by atoms with Gasteiger partial charge in [-0.25, -0.2) is 0 Å². The van der Waals surface area contributed by atoms with Crippen molar-refractivity contribution in [2.45, 2.75) is 50.8 Å². The van der Waals surface area contributed by atoms with Gasteiger partial charge in [-0.3, -0.25) is 14.4 Å². The summed E-state index contributed by atoms with van der Waals surface area (Å²) in [5, 5.41) is 16.8. The van der Waals surface area contributed by atoms with Gasteiger partial charge in [-0.05, 0) is 25.7 Å². The molecule has 2 heterocycles. The predicted molar refractivity (Wildman–Crippen MR) is 94.1 cm³/mol. The molecule has 3 rings (SSSR count). The second-order valence-corrected chi connectivity index (χ2v) is 7.36. The van der Waals surface area contributed by atoms with Crippen LogP contribution in [-0.4, -0.2) is 70.1 Å². The fourth-order valence-corrected chi connectivity index (χ4v) is 3.78. The minimum absolute atomic E-state index is 0.00667. The van der Waals surface area contributed by atoms with Crippen molar-refractivity contribution in [2.75, 3.05) is 20.1 Å². The molecule has 1 saturated carbocycles. The molecule has 1 saturated heterocycles. The van der Waals surface area contributed by atoms with Crippen LogP contribution >= 0.6 is 0 Å². The molecule has 9 heteroatoms. The Hall–Kier alpha value is -2.42. The van der Waals surface area contributed by atoms with E-state index in [-0.39, 0.29) is 30.2 Å². The van der Waals surface area contributed by atoms with Gasteiger partial charge in [-0.1, -0.05) is 5.16 Å². The Bertz CT molecular complexity index is 677. The standard InChI is InChI=1S/C18H26N4O5/c1-21(10-13-6-8-27-20-13)18(26)12-4-5-15(23)14(9-12)19-16(24)11-22-7-2-3-17(22)25/h6,8,12,14-15,23H,2-5,7,9-11H2,1H3,(H,19,24)/t12-,14+,15+/m0/s1. The van der Waals surface area contributed by atoms with Crippen molar-refractivity contribution in [1.29, 1.82) is 0 Å². The largest absolute Gasteiger partial charge is 0.391 e. The van der Waals surface area contributed by atoms with Crippen LogP contribution < -0.4 is 5.32 Å². The van der Waals surface area contributed by atoms with Crippen LogP contribution in [0.5, 0.6) is 0 Å². The molecular weight excluding hydrogens is 352 g/mol. The Labute approximate surface area is 157 Å². The van der Waals surface area contributed by atoms with Gasteiger partial charge in [0.05, 0.1) is 25.2 Å². The molecular formula is C18H26N4O5. The molecule has 2 fully saturated rings. The lowest BCUT2D eigenvalue weighted by atomic mass is 9.83. The van der Waals surface area contributed by atoms with Crippen LogP contribution in [-0.2, 0) is 20.9 Å². The maximum atomic E-state index is 12.7. The number of carbonyl (C=O) groups excluding carboxylic acids is 3. The molecule has 2 N–H and O–H groups in total. The summed E-state index contributed by atoms with van der Waals surface area (Å²) in [5.41, 5.74) is 0.668. The Morgan fingerprint density at radius 3 is 2.93 bits per heavy atom. The number of likely N-dealkylation sites (tertiary alicyclic amines) is 1. The Kier molecular flexibility index (Phi) is 6.10. The normalized spacial score (nSPS) is 25.5. The number of carbonyl (C=O) groups is 3. The number of rotatable bonds is 6. The van der Waals surface area contributed by atoms with Gasteiger partial charge in [0.1, 0.15) is 12.0 Å². The molecule has 3 atom stereocenters. The van der Waals surface area contributed by atoms with Crippen molar-refractivity contribution in [3.63, 3.8) is 0 Å². The van der Waals surface area contributed by atoms with Crippen molar-refractivity contribution in [2.24, 2.45) is 5.92 Å². The lowest BCUT2D eigenvalue weighted by Gasteiger charge is -2.35. The van der Waals surface area contributed by atoms with Gasteiger partial charge in [0.15, 0.2) is 0 Å². The van der Waals surface area contributed by atoms with E-state index in [0.29, 0.717) is 44.5 Å². The third kappa shape index (κ3) is 4.85. The Balaban J connectivity index is 1.52. The zero-order chi connectivity index (χ0) is 19.4. The van der Waals surface area contributed by atoms with Crippen LogP contribution in [0.15, 0.2) is 16.9 Å². The Morgan fingerprint density at radius 2 is 2.26 bits per heavy atom. The van der Waals surface area contributed by atoms with Crippen molar-refractivity contribution < 1.29 is 24.0 Å². The smallest absolute Gasteiger partial charge is 0.239 e. The second kappa shape index (κ2) is 8.51. The van der Waals surface area contributed by atoms with Crippen molar-refractivity contribution >= 4 is 17.7 Å². The first kappa shape index (κ1) is 19.3. The number of aromatic nitrogens is 1. The number of nitrogens with one attached hydrogen (secondary N) is 1. The molecule has 0 spiro atoms. The third-order valence-electron chi connectivity index (χ3n) is 5.28. The quantitative estimate of drug-likeness (QED) is 0.714. The molecule has 1 aromatic heterocycles. The van der Waals surface area contributed by atoms with Gasteiger partial charge in [0.2, 0.25) is 17.7 Å². The van der Waals surface area contributed by atoms with E-state index < -0.39 is 12.1 Å². The number of aliphatic hydroxyl groups excluding tert-OH is 1. The highest BCUT2D eigenvalue weighted by Gasteiger charge is 2.35. The van der Waals surface area contributed by atoms with E-state index in [1.807, 2.05) is 0 Å². The predicted octanol–water partition coefficient (Wildman–Crippen LogP) is -0.0988. The molecule has 9 nitrogen and oxygen atoms in total. The van der Waals surface area contributed by atoms with E-state index in [4.69, 9.17) is 4.52 Å². The summed E-state index contributed by atoms with van der Waals surface area (Å²) in [6.07, 6.45) is 3.42. The lowest BCUT2D eigenvalue weighted by Crippen LogP contribution is -2.51. The average Bonchev–Trinajstić information content (AvgIpc) is 3.28. The van der Waals surface area contributed by atoms with Gasteiger partial charge in [-0.15, -0.1) is 0 Å². The van der Waals surface area contributed by atoms with Gasteiger partial charge in [0.25, 0.3) is 0 Å². The molecule has 3 amide bonds. The first-order valence-electron chi connectivity index (χ1n) is 9.33. The first-order chi connectivity index (χ1) is 12.9. The van der Waals surface area contributed by atoms with Crippen LogP contribution in [0.4, 0.5) is 0 Å². The van der Waals surface area contributed by atoms with E-state index in [2.05, 4.69) is 10.5 Å². The molecule has 27 heavy (non-hydrogen) atoms. The van der Waals surface area contributed by atoms with E-state index in [1.54, 1.807) is 18.0 Å². The maximum absolute atomic E-state index is 12.7. The van der Waals surface area contributed by atoms with Crippen molar-refractivity contribution in [3.8, 4) is 0 Å². The summed E-state index contributed by atoms with van der Waals surface area (Å²) in [4.78, 5) is 39.7. The summed E-state index contributed by atoms with van der Waals surface area (Å²) < 4.78 is 4.78. The van der Waals surface area contributed by atoms with Crippen LogP contribution in [0, 0.1) is 5.92 Å². The fourth-order valence-electron chi connectivity index (χ4n) is 3.78. The Morgan fingerprint density at radius 1 is 1.44 bits per heavy atom. The highest BCUT2D eigenvalue weighted by molar-refractivity contribution is 5.86. The van der Waals surface area contributed by atoms with E-state index in [0.717, 1.165) is 6.42 Å². The molecule has 0 radical (unpaired) electrons. The summed E-state index contributed by atoms with van der Waals surface area (Å²) in [5.74, 6) is -0.627. The molecule has 2 aliphatic rings. The monoisotopic (exact) mass is 378 g/mol. The molecule has 148 valence electrons. The SMILES string of the molecule is CN(Cc1ccon1)C(=O)[C@H]1CC[C@@H](O)[C@H](NC(=O)CN2CCCC2=O)C1. The second-order valence-electron chi connectivity index (χ2n) is 7.36. The third-order valence-corrected chi connectivity index (χ3v) is 5.28. The van der Waals surface area contributed by atoms with Gasteiger partial charge in [-0.2, -0.15) is 0 Å². The maximum Gasteiger partial charge on any atom is 0.239 e. The number of aliphatic hydroxyl groups is 1. The number of nitrogens with zero attached hydrogens (tertiary/aromatic N) is 3. The minimum atomic E-state index is -0.687. The summed E-state index contributed by atoms with van der Waals surface area (Å²) in [6, 6.07) is 1.22. The molecule has 0 bridgehead atoms. The van der Waals surface area contributed by atoms with E-state index in [1.165, 1.54) is 11.2 Å². The number of hydrogen-bond donors (Lipinski definition) is 2. The summed E-state index contributed by atoms with van der Waals surface area (Å²) in [6.45, 7) is 0.947.